The van der Waals surface area contributed by atoms with Crippen LogP contribution in [0.25, 0.3) is 0 Å². The van der Waals surface area contributed by atoms with Crippen LogP contribution < -0.4 is 15.2 Å². The highest BCUT2D eigenvalue weighted by atomic mass is 32.2. The first-order valence-electron chi connectivity index (χ1n) is 7.83. The van der Waals surface area contributed by atoms with Crippen LogP contribution in [0.2, 0.25) is 0 Å². The van der Waals surface area contributed by atoms with E-state index in [1.165, 1.54) is 60.7 Å². The number of nitrogens with one attached hydrogen (secondary N) is 2. The average molecular weight is 403 g/mol. The predicted molar refractivity (Wildman–Crippen MR) is 105 cm³/mol. The van der Waals surface area contributed by atoms with Gasteiger partial charge in [-0.25, -0.2) is 16.8 Å². The zero-order chi connectivity index (χ0) is 19.5. The molecule has 3 aromatic rings. The molecule has 0 aliphatic carbocycles. The SMILES string of the molecule is Nc1ccc(S(=O)(=O)Nc2ccc(NS(=O)(=O)c3ccccc3)cc2)cc1. The number of nitrogens with two attached hydrogens (primary N) is 1. The van der Waals surface area contributed by atoms with E-state index in [-0.39, 0.29) is 9.79 Å². The van der Waals surface area contributed by atoms with Gasteiger partial charge in [0.25, 0.3) is 20.0 Å². The molecule has 0 aromatic heterocycles. The first kappa shape index (κ1) is 18.7. The predicted octanol–water partition coefficient (Wildman–Crippen LogP) is 2.87. The van der Waals surface area contributed by atoms with E-state index in [0.717, 1.165) is 0 Å². The average Bonchev–Trinajstić information content (AvgIpc) is 2.64. The minimum absolute atomic E-state index is 0.0746. The van der Waals surface area contributed by atoms with Gasteiger partial charge in [0.05, 0.1) is 9.79 Å². The fourth-order valence-electron chi connectivity index (χ4n) is 2.28. The molecule has 0 aliphatic heterocycles. The summed E-state index contributed by atoms with van der Waals surface area (Å²) in [5.74, 6) is 0. The van der Waals surface area contributed by atoms with Crippen molar-refractivity contribution in [3.8, 4) is 0 Å². The number of benzene rings is 3. The van der Waals surface area contributed by atoms with E-state index in [1.54, 1.807) is 18.2 Å². The molecule has 3 aromatic carbocycles. The van der Waals surface area contributed by atoms with Gasteiger partial charge in [-0.1, -0.05) is 18.2 Å². The van der Waals surface area contributed by atoms with Gasteiger partial charge in [0, 0.05) is 17.1 Å². The van der Waals surface area contributed by atoms with Gasteiger partial charge in [-0.3, -0.25) is 9.44 Å². The molecule has 0 bridgehead atoms. The van der Waals surface area contributed by atoms with Gasteiger partial charge in [0.15, 0.2) is 0 Å². The minimum Gasteiger partial charge on any atom is -0.399 e. The molecule has 0 atom stereocenters. The maximum Gasteiger partial charge on any atom is 0.261 e. The van der Waals surface area contributed by atoms with Crippen LogP contribution in [0.15, 0.2) is 88.7 Å². The molecule has 0 radical (unpaired) electrons. The van der Waals surface area contributed by atoms with Crippen molar-refractivity contribution in [1.82, 2.24) is 0 Å². The zero-order valence-corrected chi connectivity index (χ0v) is 15.7. The molecule has 0 fully saturated rings. The van der Waals surface area contributed by atoms with Gasteiger partial charge < -0.3 is 5.73 Å². The first-order valence-corrected chi connectivity index (χ1v) is 10.8. The molecule has 3 rings (SSSR count). The lowest BCUT2D eigenvalue weighted by Crippen LogP contribution is -2.14. The number of nitrogen functional groups attached to an aromatic ring is 1. The largest absolute Gasteiger partial charge is 0.399 e. The summed E-state index contributed by atoms with van der Waals surface area (Å²) in [4.78, 5) is 0.212. The third-order valence-electron chi connectivity index (χ3n) is 3.63. The Morgan fingerprint density at radius 2 is 0.963 bits per heavy atom. The van der Waals surface area contributed by atoms with Crippen LogP contribution in [-0.4, -0.2) is 16.8 Å². The van der Waals surface area contributed by atoms with Crippen LogP contribution >= 0.6 is 0 Å². The summed E-state index contributed by atoms with van der Waals surface area (Å²) in [7, 11) is -7.47. The fraction of sp³-hybridized carbons (Fsp3) is 0. The van der Waals surface area contributed by atoms with E-state index >= 15 is 0 Å². The van der Waals surface area contributed by atoms with Crippen LogP contribution in [0.5, 0.6) is 0 Å². The maximum absolute atomic E-state index is 12.3. The van der Waals surface area contributed by atoms with Gasteiger partial charge in [-0.15, -0.1) is 0 Å². The molecule has 0 saturated carbocycles. The van der Waals surface area contributed by atoms with Crippen LogP contribution in [0, 0.1) is 0 Å². The molecule has 9 heteroatoms. The van der Waals surface area contributed by atoms with Crippen molar-refractivity contribution in [2.24, 2.45) is 0 Å². The Morgan fingerprint density at radius 1 is 0.556 bits per heavy atom. The number of hydrogen-bond acceptors (Lipinski definition) is 5. The van der Waals surface area contributed by atoms with Crippen molar-refractivity contribution in [3.63, 3.8) is 0 Å². The molecule has 0 saturated heterocycles. The van der Waals surface area contributed by atoms with Crippen molar-refractivity contribution in [1.29, 1.82) is 0 Å². The lowest BCUT2D eigenvalue weighted by Gasteiger charge is -2.11. The first-order chi connectivity index (χ1) is 12.8. The smallest absolute Gasteiger partial charge is 0.261 e. The van der Waals surface area contributed by atoms with Crippen LogP contribution in [0.1, 0.15) is 0 Å². The molecule has 4 N–H and O–H groups in total. The number of sulfonamides is 2. The fourth-order valence-corrected chi connectivity index (χ4v) is 4.42. The molecule has 0 heterocycles. The van der Waals surface area contributed by atoms with E-state index in [1.807, 2.05) is 0 Å². The summed E-state index contributed by atoms with van der Waals surface area (Å²) in [5.41, 5.74) is 6.64. The Kier molecular flexibility index (Phi) is 5.06. The second kappa shape index (κ2) is 7.29. The van der Waals surface area contributed by atoms with Crippen LogP contribution in [0.4, 0.5) is 17.1 Å². The maximum atomic E-state index is 12.3. The Hall–Kier alpha value is -3.04. The number of hydrogen-bond donors (Lipinski definition) is 3. The molecule has 27 heavy (non-hydrogen) atoms. The number of anilines is 3. The summed E-state index contributed by atoms with van der Waals surface area (Å²) in [6.45, 7) is 0. The van der Waals surface area contributed by atoms with Crippen LogP contribution in [-0.2, 0) is 20.0 Å². The molecule has 0 amide bonds. The van der Waals surface area contributed by atoms with Crippen molar-refractivity contribution in [2.75, 3.05) is 15.2 Å². The normalized spacial score (nSPS) is 11.7. The second-order valence-electron chi connectivity index (χ2n) is 5.67. The topological polar surface area (TPSA) is 118 Å². The van der Waals surface area contributed by atoms with E-state index < -0.39 is 20.0 Å². The van der Waals surface area contributed by atoms with Gasteiger partial charge in [-0.2, -0.15) is 0 Å². The Labute approximate surface area is 158 Å². The highest BCUT2D eigenvalue weighted by Gasteiger charge is 2.15. The lowest BCUT2D eigenvalue weighted by molar-refractivity contribution is 0.599. The van der Waals surface area contributed by atoms with Crippen molar-refractivity contribution in [3.05, 3.63) is 78.9 Å². The number of rotatable bonds is 6. The minimum atomic E-state index is -3.77. The molecule has 0 spiro atoms. The molecule has 7 nitrogen and oxygen atoms in total. The molecule has 0 unspecified atom stereocenters. The summed E-state index contributed by atoms with van der Waals surface area (Å²) in [6, 6.07) is 19.6. The highest BCUT2D eigenvalue weighted by Crippen LogP contribution is 2.21. The summed E-state index contributed by atoms with van der Waals surface area (Å²) < 4.78 is 54.2. The third-order valence-corrected chi connectivity index (χ3v) is 6.43. The van der Waals surface area contributed by atoms with E-state index in [4.69, 9.17) is 5.73 Å². The second-order valence-corrected chi connectivity index (χ2v) is 9.04. The monoisotopic (exact) mass is 403 g/mol. The lowest BCUT2D eigenvalue weighted by atomic mass is 10.3. The molecular formula is C18H17N3O4S2. The van der Waals surface area contributed by atoms with E-state index in [0.29, 0.717) is 17.1 Å². The summed E-state index contributed by atoms with van der Waals surface area (Å²) >= 11 is 0. The standard InChI is InChI=1S/C18H17N3O4S2/c19-14-6-12-18(13-7-14)27(24,25)21-16-10-8-15(9-11-16)20-26(22,23)17-4-2-1-3-5-17/h1-13,20-21H,19H2. The summed E-state index contributed by atoms with van der Waals surface area (Å²) in [5, 5.41) is 0. The third kappa shape index (κ3) is 4.57. The Bertz CT molecular complexity index is 1130. The van der Waals surface area contributed by atoms with Crippen molar-refractivity contribution < 1.29 is 16.8 Å². The Balaban J connectivity index is 1.75. The van der Waals surface area contributed by atoms with Crippen molar-refractivity contribution >= 4 is 37.1 Å². The van der Waals surface area contributed by atoms with Gasteiger partial charge in [0.1, 0.15) is 0 Å². The Morgan fingerprint density at radius 3 is 1.41 bits per heavy atom. The van der Waals surface area contributed by atoms with Gasteiger partial charge >= 0.3 is 0 Å². The molecule has 140 valence electrons. The van der Waals surface area contributed by atoms with Gasteiger partial charge in [0.2, 0.25) is 0 Å². The quantitative estimate of drug-likeness (QED) is 0.547. The van der Waals surface area contributed by atoms with Gasteiger partial charge in [-0.05, 0) is 60.7 Å². The van der Waals surface area contributed by atoms with E-state index in [9.17, 15) is 16.8 Å². The zero-order valence-electron chi connectivity index (χ0n) is 14.0. The van der Waals surface area contributed by atoms with Crippen LogP contribution in [0.3, 0.4) is 0 Å². The van der Waals surface area contributed by atoms with Crippen molar-refractivity contribution in [2.45, 2.75) is 9.79 Å². The van der Waals surface area contributed by atoms with E-state index in [2.05, 4.69) is 9.44 Å². The highest BCUT2D eigenvalue weighted by molar-refractivity contribution is 7.93. The molecule has 0 aliphatic rings. The molecular weight excluding hydrogens is 386 g/mol. The summed E-state index contributed by atoms with van der Waals surface area (Å²) in [6.07, 6.45) is 0.